The number of aliphatic carboxylic acids is 2. The van der Waals surface area contributed by atoms with Crippen LogP contribution in [0.25, 0.3) is 0 Å². The minimum absolute atomic E-state index is 0.0808. The normalized spacial score (nSPS) is 13.0. The van der Waals surface area contributed by atoms with E-state index in [0.29, 0.717) is 6.92 Å². The van der Waals surface area contributed by atoms with Crippen LogP contribution in [-0.2, 0) is 27.4 Å². The van der Waals surface area contributed by atoms with Crippen LogP contribution in [0.4, 0.5) is 26.3 Å². The van der Waals surface area contributed by atoms with Gasteiger partial charge in [-0.3, -0.25) is 9.59 Å². The fourth-order valence-electron chi connectivity index (χ4n) is 1.58. The summed E-state index contributed by atoms with van der Waals surface area (Å²) in [7, 11) is 0. The molecule has 1 rings (SSSR count). The van der Waals surface area contributed by atoms with Crippen molar-refractivity contribution < 1.29 is 46.1 Å². The molecule has 10 heteroatoms. The van der Waals surface area contributed by atoms with Crippen LogP contribution in [0, 0.1) is 0 Å². The lowest BCUT2D eigenvalue weighted by molar-refractivity contribution is -0.157. The van der Waals surface area contributed by atoms with Crippen molar-refractivity contribution in [2.75, 3.05) is 0 Å². The number of carboxylic acids is 2. The lowest BCUT2D eigenvalue weighted by atomic mass is 9.81. The number of benzene rings is 1. The third kappa shape index (κ3) is 3.15. The first-order valence-corrected chi connectivity index (χ1v) is 5.47. The Balaban J connectivity index is 3.75. The Hall–Kier alpha value is -2.26. The van der Waals surface area contributed by atoms with Crippen LogP contribution in [0.15, 0.2) is 18.2 Å². The summed E-state index contributed by atoms with van der Waals surface area (Å²) < 4.78 is 76.0. The number of hydrogen-bond acceptors (Lipinski definition) is 2. The van der Waals surface area contributed by atoms with E-state index in [4.69, 9.17) is 10.2 Å². The summed E-state index contributed by atoms with van der Waals surface area (Å²) in [5, 5.41) is 17.8. The van der Waals surface area contributed by atoms with Gasteiger partial charge in [0, 0.05) is 0 Å². The predicted molar refractivity (Wildman–Crippen MR) is 59.1 cm³/mol. The molecule has 0 saturated carbocycles. The number of halogens is 6. The average molecular weight is 330 g/mol. The summed E-state index contributed by atoms with van der Waals surface area (Å²) in [4.78, 5) is 22.1. The van der Waals surface area contributed by atoms with Crippen LogP contribution >= 0.6 is 0 Å². The maximum Gasteiger partial charge on any atom is 0.416 e. The molecule has 22 heavy (non-hydrogen) atoms. The third-order valence-electron chi connectivity index (χ3n) is 3.02. The smallest absolute Gasteiger partial charge is 0.416 e. The van der Waals surface area contributed by atoms with Crippen LogP contribution in [0.1, 0.15) is 23.6 Å². The van der Waals surface area contributed by atoms with Crippen LogP contribution in [0.5, 0.6) is 0 Å². The molecule has 0 aliphatic carbocycles. The summed E-state index contributed by atoms with van der Waals surface area (Å²) in [6.45, 7) is 0.507. The highest BCUT2D eigenvalue weighted by atomic mass is 19.4. The maximum atomic E-state index is 12.7. The molecule has 122 valence electrons. The van der Waals surface area contributed by atoms with Gasteiger partial charge >= 0.3 is 24.3 Å². The molecule has 1 aromatic carbocycles. The standard InChI is InChI=1S/C12H8F6O4/c1-10(8(19)20,9(21)22)5-2-6(11(13,14)15)4-7(3-5)12(16,17)18/h2-4H,1H3,(H,19,20)(H,21,22). The van der Waals surface area contributed by atoms with E-state index >= 15 is 0 Å². The molecule has 4 nitrogen and oxygen atoms in total. The molecule has 0 spiro atoms. The number of carboxylic acid groups (broad SMARTS) is 2. The molecule has 0 bridgehead atoms. The van der Waals surface area contributed by atoms with E-state index in [1.807, 2.05) is 0 Å². The molecule has 0 aromatic heterocycles. The van der Waals surface area contributed by atoms with Crippen molar-refractivity contribution >= 4 is 11.9 Å². The van der Waals surface area contributed by atoms with E-state index in [2.05, 4.69) is 0 Å². The minimum Gasteiger partial charge on any atom is -0.480 e. The van der Waals surface area contributed by atoms with Gasteiger partial charge in [0.25, 0.3) is 0 Å². The van der Waals surface area contributed by atoms with Crippen molar-refractivity contribution in [3.63, 3.8) is 0 Å². The second kappa shape index (κ2) is 5.18. The van der Waals surface area contributed by atoms with Crippen molar-refractivity contribution in [1.29, 1.82) is 0 Å². The Morgan fingerprint density at radius 2 is 1.05 bits per heavy atom. The monoisotopic (exact) mass is 330 g/mol. The summed E-state index contributed by atoms with van der Waals surface area (Å²) in [5.41, 5.74) is -7.66. The van der Waals surface area contributed by atoms with E-state index in [1.54, 1.807) is 0 Å². The lowest BCUT2D eigenvalue weighted by Crippen LogP contribution is -2.41. The van der Waals surface area contributed by atoms with E-state index < -0.39 is 46.4 Å². The first-order chi connectivity index (χ1) is 9.70. The van der Waals surface area contributed by atoms with Gasteiger partial charge in [-0.1, -0.05) is 0 Å². The van der Waals surface area contributed by atoms with Gasteiger partial charge in [-0.15, -0.1) is 0 Å². The van der Waals surface area contributed by atoms with Gasteiger partial charge in [0.15, 0.2) is 5.41 Å². The zero-order chi connectivity index (χ0) is 17.5. The molecule has 0 amide bonds. The quantitative estimate of drug-likeness (QED) is 0.659. The van der Waals surface area contributed by atoms with E-state index in [-0.39, 0.29) is 18.2 Å². The second-order valence-corrected chi connectivity index (χ2v) is 4.53. The molecule has 0 heterocycles. The topological polar surface area (TPSA) is 74.6 Å². The van der Waals surface area contributed by atoms with E-state index in [9.17, 15) is 35.9 Å². The number of hydrogen-bond donors (Lipinski definition) is 2. The first-order valence-electron chi connectivity index (χ1n) is 5.47. The second-order valence-electron chi connectivity index (χ2n) is 4.53. The highest BCUT2D eigenvalue weighted by Crippen LogP contribution is 2.39. The predicted octanol–water partition coefficient (Wildman–Crippen LogP) is 3.15. The minimum atomic E-state index is -5.20. The highest BCUT2D eigenvalue weighted by Gasteiger charge is 2.46. The van der Waals surface area contributed by atoms with Gasteiger partial charge in [-0.05, 0) is 30.7 Å². The van der Waals surface area contributed by atoms with Crippen molar-refractivity contribution in [2.45, 2.75) is 24.7 Å². The van der Waals surface area contributed by atoms with Crippen molar-refractivity contribution in [1.82, 2.24) is 0 Å². The van der Waals surface area contributed by atoms with E-state index in [0.717, 1.165) is 0 Å². The molecule has 0 fully saturated rings. The third-order valence-corrected chi connectivity index (χ3v) is 3.02. The maximum absolute atomic E-state index is 12.7. The molecule has 0 unspecified atom stereocenters. The highest BCUT2D eigenvalue weighted by molar-refractivity contribution is 6.04. The van der Waals surface area contributed by atoms with Gasteiger partial charge in [-0.25, -0.2) is 0 Å². The molecular weight excluding hydrogens is 322 g/mol. The van der Waals surface area contributed by atoms with E-state index in [1.165, 1.54) is 0 Å². The molecule has 0 radical (unpaired) electrons. The Labute approximate surface area is 119 Å². The Morgan fingerprint density at radius 3 is 1.27 bits per heavy atom. The Bertz CT molecular complexity index is 571. The lowest BCUT2D eigenvalue weighted by Gasteiger charge is -2.23. The fraction of sp³-hybridized carbons (Fsp3) is 0.333. The number of alkyl halides is 6. The summed E-state index contributed by atoms with van der Waals surface area (Å²) in [6.07, 6.45) is -10.4. The van der Waals surface area contributed by atoms with Crippen molar-refractivity contribution in [2.24, 2.45) is 0 Å². The molecule has 0 atom stereocenters. The van der Waals surface area contributed by atoms with Gasteiger partial charge in [0.1, 0.15) is 0 Å². The number of carbonyl (C=O) groups is 2. The van der Waals surface area contributed by atoms with Crippen molar-refractivity contribution in [3.05, 3.63) is 34.9 Å². The van der Waals surface area contributed by atoms with Crippen LogP contribution in [0.2, 0.25) is 0 Å². The van der Waals surface area contributed by atoms with Gasteiger partial charge in [-0.2, -0.15) is 26.3 Å². The zero-order valence-electron chi connectivity index (χ0n) is 10.7. The summed E-state index contributed by atoms with van der Waals surface area (Å²) in [6, 6.07) is -0.0530. The molecule has 0 aliphatic heterocycles. The van der Waals surface area contributed by atoms with Crippen molar-refractivity contribution in [3.8, 4) is 0 Å². The van der Waals surface area contributed by atoms with Crippen LogP contribution in [-0.4, -0.2) is 22.2 Å². The summed E-state index contributed by atoms with van der Waals surface area (Å²) >= 11 is 0. The molecule has 1 aromatic rings. The van der Waals surface area contributed by atoms with Gasteiger partial charge in [0.2, 0.25) is 0 Å². The SMILES string of the molecule is CC(C(=O)O)(C(=O)O)c1cc(C(F)(F)F)cc(C(F)(F)F)c1. The average Bonchev–Trinajstić information content (AvgIpc) is 2.34. The molecule has 0 saturated heterocycles. The Morgan fingerprint density at radius 1 is 0.773 bits per heavy atom. The molecule has 2 N–H and O–H groups in total. The largest absolute Gasteiger partial charge is 0.480 e. The molecular formula is C12H8F6O4. The van der Waals surface area contributed by atoms with Crippen LogP contribution < -0.4 is 0 Å². The van der Waals surface area contributed by atoms with Gasteiger partial charge in [0.05, 0.1) is 11.1 Å². The molecule has 0 aliphatic rings. The van der Waals surface area contributed by atoms with Crippen LogP contribution in [0.3, 0.4) is 0 Å². The fourth-order valence-corrected chi connectivity index (χ4v) is 1.58. The zero-order valence-corrected chi connectivity index (χ0v) is 10.7. The first kappa shape index (κ1) is 17.8. The summed E-state index contributed by atoms with van der Waals surface area (Å²) in [5.74, 6) is -4.18. The Kier molecular flexibility index (Phi) is 4.19. The van der Waals surface area contributed by atoms with Gasteiger partial charge < -0.3 is 10.2 Å². The number of rotatable bonds is 3.